The molecule has 1 atom stereocenters. The van der Waals surface area contributed by atoms with Gasteiger partial charge in [-0.15, -0.1) is 0 Å². The van der Waals surface area contributed by atoms with Gasteiger partial charge < -0.3 is 4.43 Å². The largest absolute Gasteiger partial charge is 0.413 e. The number of halogens is 1. The molecule has 0 bridgehead atoms. The summed E-state index contributed by atoms with van der Waals surface area (Å²) in [6, 6.07) is 0. The van der Waals surface area contributed by atoms with Gasteiger partial charge in [0.2, 0.25) is 0 Å². The molecule has 0 fully saturated rings. The van der Waals surface area contributed by atoms with Gasteiger partial charge in [0, 0.05) is 11.8 Å². The maximum Gasteiger partial charge on any atom is 0.192 e. The highest BCUT2D eigenvalue weighted by molar-refractivity contribution is 9.11. The van der Waals surface area contributed by atoms with E-state index in [1.54, 1.807) is 0 Å². The van der Waals surface area contributed by atoms with Gasteiger partial charge in [-0.2, -0.15) is 0 Å². The molecule has 1 aliphatic rings. The molecule has 94 valence electrons. The molecule has 0 aromatic carbocycles. The van der Waals surface area contributed by atoms with Crippen molar-refractivity contribution in [3.8, 4) is 0 Å². The third-order valence-corrected chi connectivity index (χ3v) is 9.02. The first-order valence-electron chi connectivity index (χ1n) is 6.01. The molecular weight excluding hydrogens is 280 g/mol. The zero-order chi connectivity index (χ0) is 12.8. The van der Waals surface area contributed by atoms with Gasteiger partial charge in [0.1, 0.15) is 0 Å². The fourth-order valence-corrected chi connectivity index (χ4v) is 4.06. The number of hydrogen-bond donors (Lipinski definition) is 0. The Morgan fingerprint density at radius 3 is 2.19 bits per heavy atom. The molecule has 0 amide bonds. The molecule has 3 heteroatoms. The quantitative estimate of drug-likeness (QED) is 0.646. The van der Waals surface area contributed by atoms with E-state index in [1.165, 1.54) is 4.48 Å². The Bertz CT molecular complexity index is 300. The van der Waals surface area contributed by atoms with E-state index in [2.05, 4.69) is 69.7 Å². The highest BCUT2D eigenvalue weighted by Gasteiger charge is 2.44. The zero-order valence-electron chi connectivity index (χ0n) is 11.6. The Kier molecular flexibility index (Phi) is 3.84. The molecule has 0 radical (unpaired) electrons. The fourth-order valence-electron chi connectivity index (χ4n) is 1.72. The van der Waals surface area contributed by atoms with E-state index in [0.717, 1.165) is 6.42 Å². The maximum absolute atomic E-state index is 6.51. The standard InChI is InChI=1S/C13H25BrOSi/c1-12(2,3)16(6,7)15-11-8-10(14)9-13(11,4)5/h9,11H,8H2,1-7H3/t11-/m0/s1. The lowest BCUT2D eigenvalue weighted by molar-refractivity contribution is 0.106. The van der Waals surface area contributed by atoms with E-state index in [4.69, 9.17) is 4.43 Å². The van der Waals surface area contributed by atoms with Crippen LogP contribution < -0.4 is 0 Å². The second-order valence-electron chi connectivity index (χ2n) is 6.98. The minimum Gasteiger partial charge on any atom is -0.413 e. The molecule has 0 N–H and O–H groups in total. The van der Waals surface area contributed by atoms with Crippen LogP contribution in [0, 0.1) is 5.41 Å². The Morgan fingerprint density at radius 2 is 1.88 bits per heavy atom. The van der Waals surface area contributed by atoms with Crippen LogP contribution >= 0.6 is 15.9 Å². The first-order valence-corrected chi connectivity index (χ1v) is 9.71. The SMILES string of the molecule is CC1(C)C=C(Br)C[C@@H]1O[Si](C)(C)C(C)(C)C. The molecular formula is C13H25BrOSi. The van der Waals surface area contributed by atoms with Crippen molar-refractivity contribution in [3.05, 3.63) is 10.6 Å². The molecule has 0 unspecified atom stereocenters. The van der Waals surface area contributed by atoms with Crippen LogP contribution in [0.1, 0.15) is 41.0 Å². The third-order valence-electron chi connectivity index (χ3n) is 3.98. The second kappa shape index (κ2) is 4.25. The molecule has 16 heavy (non-hydrogen) atoms. The van der Waals surface area contributed by atoms with Gasteiger partial charge in [0.05, 0.1) is 6.10 Å². The lowest BCUT2D eigenvalue weighted by Gasteiger charge is -2.41. The first kappa shape index (κ1) is 14.5. The van der Waals surface area contributed by atoms with Crippen molar-refractivity contribution in [2.45, 2.75) is 65.3 Å². The second-order valence-corrected chi connectivity index (χ2v) is 12.8. The molecule has 1 aliphatic carbocycles. The van der Waals surface area contributed by atoms with Gasteiger partial charge in [-0.3, -0.25) is 0 Å². The fraction of sp³-hybridized carbons (Fsp3) is 0.846. The topological polar surface area (TPSA) is 9.23 Å². The van der Waals surface area contributed by atoms with Gasteiger partial charge in [-0.05, 0) is 22.6 Å². The van der Waals surface area contributed by atoms with Crippen molar-refractivity contribution in [2.75, 3.05) is 0 Å². The van der Waals surface area contributed by atoms with Gasteiger partial charge in [0.15, 0.2) is 8.32 Å². The van der Waals surface area contributed by atoms with Crippen molar-refractivity contribution < 1.29 is 4.43 Å². The lowest BCUT2D eigenvalue weighted by Crippen LogP contribution is -2.46. The van der Waals surface area contributed by atoms with E-state index in [9.17, 15) is 0 Å². The highest BCUT2D eigenvalue weighted by atomic mass is 79.9. The van der Waals surface area contributed by atoms with Gasteiger partial charge >= 0.3 is 0 Å². The van der Waals surface area contributed by atoms with Crippen molar-refractivity contribution >= 4 is 24.2 Å². The lowest BCUT2D eigenvalue weighted by atomic mass is 9.91. The third kappa shape index (κ3) is 2.99. The normalized spacial score (nSPS) is 25.8. The van der Waals surface area contributed by atoms with Crippen molar-refractivity contribution in [1.82, 2.24) is 0 Å². The molecule has 0 aromatic heterocycles. The van der Waals surface area contributed by atoms with Crippen LogP contribution in [0.15, 0.2) is 10.6 Å². The van der Waals surface area contributed by atoms with Crippen LogP contribution in [0.25, 0.3) is 0 Å². The average molecular weight is 305 g/mol. The predicted molar refractivity (Wildman–Crippen MR) is 77.5 cm³/mol. The molecule has 0 heterocycles. The molecule has 0 aliphatic heterocycles. The summed E-state index contributed by atoms with van der Waals surface area (Å²) in [6.45, 7) is 16.1. The van der Waals surface area contributed by atoms with Gasteiger partial charge in [-0.1, -0.05) is 56.6 Å². The molecule has 0 saturated carbocycles. The summed E-state index contributed by atoms with van der Waals surface area (Å²) < 4.78 is 7.80. The minimum absolute atomic E-state index is 0.161. The molecule has 0 aromatic rings. The average Bonchev–Trinajstić information content (AvgIpc) is 2.20. The monoisotopic (exact) mass is 304 g/mol. The molecule has 1 rings (SSSR count). The summed E-state index contributed by atoms with van der Waals surface area (Å²) >= 11 is 3.61. The molecule has 0 spiro atoms. The van der Waals surface area contributed by atoms with Crippen LogP contribution in [0.5, 0.6) is 0 Å². The summed E-state index contributed by atoms with van der Waals surface area (Å²) in [6.07, 6.45) is 3.66. The predicted octanol–water partition coefficient (Wildman–Crippen LogP) is 5.09. The number of rotatable bonds is 2. The van der Waals surface area contributed by atoms with E-state index >= 15 is 0 Å². The van der Waals surface area contributed by atoms with Gasteiger partial charge in [-0.25, -0.2) is 0 Å². The number of hydrogen-bond acceptors (Lipinski definition) is 1. The van der Waals surface area contributed by atoms with Crippen LogP contribution in [0.3, 0.4) is 0 Å². The van der Waals surface area contributed by atoms with E-state index < -0.39 is 8.32 Å². The van der Waals surface area contributed by atoms with Gasteiger partial charge in [0.25, 0.3) is 0 Å². The first-order chi connectivity index (χ1) is 6.96. The van der Waals surface area contributed by atoms with Crippen molar-refractivity contribution in [1.29, 1.82) is 0 Å². The highest BCUT2D eigenvalue weighted by Crippen LogP contribution is 2.45. The van der Waals surface area contributed by atoms with Crippen LogP contribution in [-0.2, 0) is 4.43 Å². The Morgan fingerprint density at radius 1 is 1.38 bits per heavy atom. The maximum atomic E-state index is 6.51. The van der Waals surface area contributed by atoms with Crippen LogP contribution in [0.4, 0.5) is 0 Å². The summed E-state index contributed by atoms with van der Waals surface area (Å²) in [7, 11) is -1.64. The smallest absolute Gasteiger partial charge is 0.192 e. The van der Waals surface area contributed by atoms with Crippen LogP contribution in [-0.4, -0.2) is 14.4 Å². The zero-order valence-corrected chi connectivity index (χ0v) is 14.2. The van der Waals surface area contributed by atoms with Crippen molar-refractivity contribution in [2.24, 2.45) is 5.41 Å². The summed E-state index contributed by atoms with van der Waals surface area (Å²) in [5.74, 6) is 0. The Balaban J connectivity index is 2.78. The Labute approximate surface area is 110 Å². The summed E-state index contributed by atoms with van der Waals surface area (Å²) in [4.78, 5) is 0. The summed E-state index contributed by atoms with van der Waals surface area (Å²) in [5.41, 5.74) is 0.161. The Hall–Kier alpha value is 0.397. The minimum atomic E-state index is -1.64. The van der Waals surface area contributed by atoms with E-state index in [1.807, 2.05) is 0 Å². The van der Waals surface area contributed by atoms with E-state index in [-0.39, 0.29) is 10.5 Å². The van der Waals surface area contributed by atoms with Crippen molar-refractivity contribution in [3.63, 3.8) is 0 Å². The summed E-state index contributed by atoms with van der Waals surface area (Å²) in [5, 5.41) is 0.290. The molecule has 1 nitrogen and oxygen atoms in total. The van der Waals surface area contributed by atoms with Crippen LogP contribution in [0.2, 0.25) is 18.1 Å². The van der Waals surface area contributed by atoms with E-state index in [0.29, 0.717) is 6.10 Å². The molecule has 0 saturated heterocycles.